The van der Waals surface area contributed by atoms with Gasteiger partial charge in [0.15, 0.2) is 0 Å². The predicted octanol–water partition coefficient (Wildman–Crippen LogP) is 4.38. The van der Waals surface area contributed by atoms with E-state index in [0.29, 0.717) is 24.7 Å². The summed E-state index contributed by atoms with van der Waals surface area (Å²) in [7, 11) is 1.91. The van der Waals surface area contributed by atoms with Gasteiger partial charge in [-0.25, -0.2) is 13.5 Å². The molecule has 0 spiro atoms. The van der Waals surface area contributed by atoms with E-state index in [2.05, 4.69) is 4.90 Å². The van der Waals surface area contributed by atoms with Crippen molar-refractivity contribution in [2.24, 2.45) is 7.05 Å². The van der Waals surface area contributed by atoms with Crippen LogP contribution in [0.25, 0.3) is 0 Å². The van der Waals surface area contributed by atoms with Gasteiger partial charge < -0.3 is 0 Å². The van der Waals surface area contributed by atoms with Gasteiger partial charge in [-0.15, -0.1) is 0 Å². The van der Waals surface area contributed by atoms with Crippen LogP contribution in [0.15, 0.2) is 53.3 Å². The zero-order valence-electron chi connectivity index (χ0n) is 16.1. The Hall–Kier alpha value is -2.44. The molecular formula is C22H22ClF2N3O. The minimum Gasteiger partial charge on any atom is -0.294 e. The quantitative estimate of drug-likeness (QED) is 0.616. The van der Waals surface area contributed by atoms with Gasteiger partial charge in [-0.2, -0.15) is 0 Å². The molecule has 3 aromatic rings. The number of alkyl halides is 2. The minimum absolute atomic E-state index is 0.00322. The summed E-state index contributed by atoms with van der Waals surface area (Å²) in [6.45, 7) is 2.33. The van der Waals surface area contributed by atoms with Crippen molar-refractivity contribution in [2.75, 3.05) is 6.54 Å². The third kappa shape index (κ3) is 4.14. The van der Waals surface area contributed by atoms with Crippen LogP contribution in [-0.2, 0) is 33.1 Å². The van der Waals surface area contributed by atoms with E-state index in [1.165, 1.54) is 6.07 Å². The summed E-state index contributed by atoms with van der Waals surface area (Å²) in [5.41, 5.74) is 3.71. The van der Waals surface area contributed by atoms with Gasteiger partial charge in [0.1, 0.15) is 0 Å². The minimum atomic E-state index is -2.47. The van der Waals surface area contributed by atoms with Gasteiger partial charge in [0, 0.05) is 49.4 Å². The zero-order chi connectivity index (χ0) is 20.5. The Bertz CT molecular complexity index is 1070. The summed E-state index contributed by atoms with van der Waals surface area (Å²) in [5, 5.41) is 0.666. The highest BCUT2D eigenvalue weighted by molar-refractivity contribution is 6.30. The fourth-order valence-electron chi connectivity index (χ4n) is 3.96. The van der Waals surface area contributed by atoms with E-state index in [1.807, 2.05) is 42.1 Å². The number of aromatic nitrogens is 2. The molecule has 152 valence electrons. The molecule has 0 saturated heterocycles. The van der Waals surface area contributed by atoms with Gasteiger partial charge in [-0.05, 0) is 29.3 Å². The van der Waals surface area contributed by atoms with Crippen LogP contribution in [0.3, 0.4) is 0 Å². The average molecular weight is 418 g/mol. The highest BCUT2D eigenvalue weighted by Crippen LogP contribution is 2.23. The molecule has 0 saturated carbocycles. The molecule has 4 rings (SSSR count). The van der Waals surface area contributed by atoms with Crippen molar-refractivity contribution in [2.45, 2.75) is 32.5 Å². The van der Waals surface area contributed by atoms with Gasteiger partial charge in [0.05, 0.1) is 12.1 Å². The van der Waals surface area contributed by atoms with Crippen LogP contribution in [0.4, 0.5) is 8.78 Å². The molecule has 0 unspecified atom stereocenters. The SMILES string of the molecule is Cn1c2c(c(=O)n1Cc1ccc(Cl)cc1)CN(Cc1cccc(C(F)F)c1)CC2. The van der Waals surface area contributed by atoms with Gasteiger partial charge in [0.25, 0.3) is 12.0 Å². The number of hydrogen-bond donors (Lipinski definition) is 0. The number of halogens is 3. The second-order valence-electron chi connectivity index (χ2n) is 7.44. The molecule has 2 heterocycles. The molecule has 1 aliphatic heterocycles. The topological polar surface area (TPSA) is 30.2 Å². The first-order chi connectivity index (χ1) is 13.9. The first kappa shape index (κ1) is 19.9. The third-order valence-electron chi connectivity index (χ3n) is 5.50. The number of nitrogens with zero attached hydrogens (tertiary/aromatic N) is 3. The molecule has 2 aromatic carbocycles. The molecule has 0 aliphatic carbocycles. The van der Waals surface area contributed by atoms with Crippen LogP contribution < -0.4 is 5.56 Å². The third-order valence-corrected chi connectivity index (χ3v) is 5.75. The summed E-state index contributed by atoms with van der Waals surface area (Å²) in [5.74, 6) is 0. The number of fused-ring (bicyclic) bond motifs is 1. The lowest BCUT2D eigenvalue weighted by Crippen LogP contribution is -2.32. The maximum Gasteiger partial charge on any atom is 0.271 e. The molecule has 0 atom stereocenters. The summed E-state index contributed by atoms with van der Waals surface area (Å²) in [4.78, 5) is 15.2. The molecule has 0 fully saturated rings. The molecule has 7 heteroatoms. The Morgan fingerprint density at radius 1 is 1.07 bits per heavy atom. The Balaban J connectivity index is 1.54. The molecular weight excluding hydrogens is 396 g/mol. The summed E-state index contributed by atoms with van der Waals surface area (Å²) >= 11 is 5.95. The molecule has 0 radical (unpaired) electrons. The maximum atomic E-state index is 13.0. The largest absolute Gasteiger partial charge is 0.294 e. The summed E-state index contributed by atoms with van der Waals surface area (Å²) < 4.78 is 29.6. The maximum absolute atomic E-state index is 13.0. The van der Waals surface area contributed by atoms with Crippen molar-refractivity contribution in [3.05, 3.63) is 91.9 Å². The molecule has 1 aliphatic rings. The lowest BCUT2D eigenvalue weighted by Gasteiger charge is -2.26. The highest BCUT2D eigenvalue weighted by Gasteiger charge is 2.25. The Morgan fingerprint density at radius 3 is 2.55 bits per heavy atom. The zero-order valence-corrected chi connectivity index (χ0v) is 16.9. The molecule has 0 bridgehead atoms. The molecule has 0 N–H and O–H groups in total. The lowest BCUT2D eigenvalue weighted by atomic mass is 10.1. The molecule has 0 amide bonds. The number of hydrogen-bond acceptors (Lipinski definition) is 2. The van der Waals surface area contributed by atoms with Crippen molar-refractivity contribution in [3.8, 4) is 0 Å². The standard InChI is InChI=1S/C22H22ClF2N3O/c1-26-20-9-10-27(12-16-3-2-4-17(11-16)21(24)25)14-19(20)22(29)28(26)13-15-5-7-18(23)8-6-15/h2-8,11,21H,9-10,12-14H2,1H3. The fraction of sp³-hybridized carbons (Fsp3) is 0.318. The van der Waals surface area contributed by atoms with Crippen LogP contribution >= 0.6 is 11.6 Å². The average Bonchev–Trinajstić information content (AvgIpc) is 2.94. The van der Waals surface area contributed by atoms with Crippen molar-refractivity contribution in [1.29, 1.82) is 0 Å². The summed E-state index contributed by atoms with van der Waals surface area (Å²) in [6, 6.07) is 14.0. The van der Waals surface area contributed by atoms with E-state index in [0.717, 1.165) is 35.3 Å². The van der Waals surface area contributed by atoms with E-state index in [4.69, 9.17) is 11.6 Å². The van der Waals surface area contributed by atoms with Crippen LogP contribution in [0, 0.1) is 0 Å². The van der Waals surface area contributed by atoms with E-state index >= 15 is 0 Å². The highest BCUT2D eigenvalue weighted by atomic mass is 35.5. The van der Waals surface area contributed by atoms with Crippen molar-refractivity contribution in [3.63, 3.8) is 0 Å². The first-order valence-electron chi connectivity index (χ1n) is 9.53. The van der Waals surface area contributed by atoms with Crippen LogP contribution in [0.1, 0.15) is 34.4 Å². The fourth-order valence-corrected chi connectivity index (χ4v) is 4.08. The van der Waals surface area contributed by atoms with Gasteiger partial charge in [-0.1, -0.05) is 41.9 Å². The number of rotatable bonds is 5. The lowest BCUT2D eigenvalue weighted by molar-refractivity contribution is 0.151. The second-order valence-corrected chi connectivity index (χ2v) is 7.88. The normalized spacial score (nSPS) is 14.4. The number of benzene rings is 2. The summed E-state index contributed by atoms with van der Waals surface area (Å²) in [6.07, 6.45) is -1.72. The second kappa shape index (κ2) is 8.13. The Morgan fingerprint density at radius 2 is 1.83 bits per heavy atom. The first-order valence-corrected chi connectivity index (χ1v) is 9.91. The van der Waals surface area contributed by atoms with Crippen molar-refractivity contribution < 1.29 is 8.78 Å². The van der Waals surface area contributed by atoms with Crippen LogP contribution in [0.5, 0.6) is 0 Å². The van der Waals surface area contributed by atoms with Gasteiger partial charge >= 0.3 is 0 Å². The van der Waals surface area contributed by atoms with E-state index in [1.54, 1.807) is 16.8 Å². The van der Waals surface area contributed by atoms with E-state index in [9.17, 15) is 13.6 Å². The molecule has 4 nitrogen and oxygen atoms in total. The predicted molar refractivity (Wildman–Crippen MR) is 109 cm³/mol. The van der Waals surface area contributed by atoms with E-state index < -0.39 is 6.43 Å². The Labute approximate surface area is 172 Å². The Kier molecular flexibility index (Phi) is 5.56. The monoisotopic (exact) mass is 417 g/mol. The van der Waals surface area contributed by atoms with Gasteiger partial charge in [-0.3, -0.25) is 14.4 Å². The van der Waals surface area contributed by atoms with Gasteiger partial charge in [0.2, 0.25) is 0 Å². The smallest absolute Gasteiger partial charge is 0.271 e. The van der Waals surface area contributed by atoms with Crippen molar-refractivity contribution in [1.82, 2.24) is 14.3 Å². The van der Waals surface area contributed by atoms with Crippen LogP contribution in [0.2, 0.25) is 5.02 Å². The van der Waals surface area contributed by atoms with Crippen molar-refractivity contribution >= 4 is 11.6 Å². The van der Waals surface area contributed by atoms with E-state index in [-0.39, 0.29) is 11.1 Å². The molecule has 1 aromatic heterocycles. The van der Waals surface area contributed by atoms with Crippen LogP contribution in [-0.4, -0.2) is 20.8 Å². The molecule has 29 heavy (non-hydrogen) atoms.